The quantitative estimate of drug-likeness (QED) is 0.880. The molecule has 0 aliphatic rings. The van der Waals surface area contributed by atoms with Gasteiger partial charge in [0.25, 0.3) is 5.91 Å². The number of amides is 1. The van der Waals surface area contributed by atoms with Crippen LogP contribution in [0.5, 0.6) is 0 Å². The number of hydrogen-bond acceptors (Lipinski definition) is 3. The second-order valence-corrected chi connectivity index (χ2v) is 4.88. The summed E-state index contributed by atoms with van der Waals surface area (Å²) in [7, 11) is 1.74. The number of likely N-dealkylation sites (N-methyl/N-ethyl adjacent to an activating group) is 1. The molecule has 0 unspecified atom stereocenters. The summed E-state index contributed by atoms with van der Waals surface area (Å²) in [6.07, 6.45) is 2.44. The molecule has 1 amide bonds. The Morgan fingerprint density at radius 2 is 2.10 bits per heavy atom. The van der Waals surface area contributed by atoms with Crippen molar-refractivity contribution in [2.45, 2.75) is 6.42 Å². The summed E-state index contributed by atoms with van der Waals surface area (Å²) in [4.78, 5) is 18.2. The number of carbonyl (C=O) groups excluding carboxylic acids is 1. The van der Waals surface area contributed by atoms with Gasteiger partial charge in [0.15, 0.2) is 0 Å². The van der Waals surface area contributed by atoms with Crippen LogP contribution in [0, 0.1) is 0 Å². The number of nitrogens with zero attached hydrogens (tertiary/aromatic N) is 2. The Morgan fingerprint density at radius 1 is 1.30 bits per heavy atom. The number of anilines is 1. The molecule has 104 valence electrons. The number of aromatic nitrogens is 1. The molecule has 2 aromatic rings. The lowest BCUT2D eigenvalue weighted by atomic mass is 10.1. The van der Waals surface area contributed by atoms with Gasteiger partial charge >= 0.3 is 0 Å². The van der Waals surface area contributed by atoms with Crippen LogP contribution < -0.4 is 5.73 Å². The highest BCUT2D eigenvalue weighted by Crippen LogP contribution is 2.24. The third kappa shape index (κ3) is 3.27. The largest absolute Gasteiger partial charge is 0.398 e. The van der Waals surface area contributed by atoms with Crippen LogP contribution in [-0.2, 0) is 6.42 Å². The van der Waals surface area contributed by atoms with Crippen molar-refractivity contribution in [1.82, 2.24) is 9.88 Å². The number of nitrogens with two attached hydrogens (primary N) is 1. The van der Waals surface area contributed by atoms with E-state index < -0.39 is 0 Å². The van der Waals surface area contributed by atoms with E-state index in [0.717, 1.165) is 5.69 Å². The molecule has 0 bridgehead atoms. The first-order valence-electron chi connectivity index (χ1n) is 6.29. The van der Waals surface area contributed by atoms with Gasteiger partial charge in [-0.2, -0.15) is 0 Å². The van der Waals surface area contributed by atoms with E-state index >= 15 is 0 Å². The zero-order valence-electron chi connectivity index (χ0n) is 11.2. The predicted octanol–water partition coefficient (Wildman–Crippen LogP) is 2.63. The number of nitrogen functional groups attached to an aromatic ring is 1. The summed E-state index contributed by atoms with van der Waals surface area (Å²) >= 11 is 6.06. The van der Waals surface area contributed by atoms with Crippen LogP contribution >= 0.6 is 11.6 Å². The molecule has 1 aromatic carbocycles. The molecule has 1 aromatic heterocycles. The molecule has 0 spiro atoms. The number of benzene rings is 1. The lowest BCUT2D eigenvalue weighted by Gasteiger charge is -2.18. The molecule has 2 N–H and O–H groups in total. The number of halogens is 1. The van der Waals surface area contributed by atoms with Gasteiger partial charge in [0.05, 0.1) is 16.3 Å². The van der Waals surface area contributed by atoms with Crippen molar-refractivity contribution in [3.63, 3.8) is 0 Å². The molecule has 5 heteroatoms. The van der Waals surface area contributed by atoms with Gasteiger partial charge in [-0.3, -0.25) is 9.78 Å². The van der Waals surface area contributed by atoms with Crippen LogP contribution in [0.25, 0.3) is 0 Å². The van der Waals surface area contributed by atoms with Gasteiger partial charge in [-0.15, -0.1) is 0 Å². The molecule has 0 fully saturated rings. The van der Waals surface area contributed by atoms with Crippen LogP contribution in [0.4, 0.5) is 5.69 Å². The zero-order valence-corrected chi connectivity index (χ0v) is 12.0. The molecule has 0 aliphatic carbocycles. The van der Waals surface area contributed by atoms with Crippen molar-refractivity contribution >= 4 is 23.2 Å². The standard InChI is InChI=1S/C15H16ClN3O/c1-19(10-8-11-5-2-3-9-18-11)15(20)12-6-4-7-13(17)14(12)16/h2-7,9H,8,10,17H2,1H3. The van der Waals surface area contributed by atoms with Gasteiger partial charge in [-0.05, 0) is 24.3 Å². The van der Waals surface area contributed by atoms with E-state index in [1.54, 1.807) is 36.3 Å². The van der Waals surface area contributed by atoms with E-state index in [9.17, 15) is 4.79 Å². The molecule has 0 saturated carbocycles. The monoisotopic (exact) mass is 289 g/mol. The normalized spacial score (nSPS) is 10.3. The van der Waals surface area contributed by atoms with E-state index in [4.69, 9.17) is 17.3 Å². The maximum absolute atomic E-state index is 12.3. The molecule has 0 radical (unpaired) electrons. The van der Waals surface area contributed by atoms with Gasteiger partial charge in [0.1, 0.15) is 0 Å². The highest BCUT2D eigenvalue weighted by molar-refractivity contribution is 6.36. The topological polar surface area (TPSA) is 59.2 Å². The Morgan fingerprint density at radius 3 is 2.80 bits per heavy atom. The molecule has 0 aliphatic heterocycles. The van der Waals surface area contributed by atoms with Crippen molar-refractivity contribution < 1.29 is 4.79 Å². The smallest absolute Gasteiger partial charge is 0.255 e. The lowest BCUT2D eigenvalue weighted by molar-refractivity contribution is 0.0796. The number of hydrogen-bond donors (Lipinski definition) is 1. The Kier molecular flexibility index (Phi) is 4.58. The summed E-state index contributed by atoms with van der Waals surface area (Å²) in [5, 5.41) is 0.308. The number of carbonyl (C=O) groups is 1. The van der Waals surface area contributed by atoms with Gasteiger partial charge in [0, 0.05) is 31.9 Å². The highest BCUT2D eigenvalue weighted by Gasteiger charge is 2.16. The van der Waals surface area contributed by atoms with Crippen LogP contribution in [0.3, 0.4) is 0 Å². The van der Waals surface area contributed by atoms with Gasteiger partial charge in [-0.25, -0.2) is 0 Å². The third-order valence-corrected chi connectivity index (χ3v) is 3.46. The molecular formula is C15H16ClN3O. The third-order valence-electron chi connectivity index (χ3n) is 3.04. The summed E-state index contributed by atoms with van der Waals surface area (Å²) in [6.45, 7) is 0.570. The fourth-order valence-corrected chi connectivity index (χ4v) is 2.06. The molecule has 0 atom stereocenters. The second-order valence-electron chi connectivity index (χ2n) is 4.51. The highest BCUT2D eigenvalue weighted by atomic mass is 35.5. The SMILES string of the molecule is CN(CCc1ccccn1)C(=O)c1cccc(N)c1Cl. The van der Waals surface area contributed by atoms with E-state index in [1.807, 2.05) is 18.2 Å². The molecule has 0 saturated heterocycles. The van der Waals surface area contributed by atoms with Crippen molar-refractivity contribution in [1.29, 1.82) is 0 Å². The van der Waals surface area contributed by atoms with Crippen molar-refractivity contribution in [2.75, 3.05) is 19.3 Å². The van der Waals surface area contributed by atoms with Crippen LogP contribution in [0.1, 0.15) is 16.1 Å². The van der Waals surface area contributed by atoms with E-state index in [-0.39, 0.29) is 5.91 Å². The fourth-order valence-electron chi connectivity index (χ4n) is 1.85. The summed E-state index contributed by atoms with van der Waals surface area (Å²) in [6, 6.07) is 10.8. The van der Waals surface area contributed by atoms with E-state index in [1.165, 1.54) is 0 Å². The lowest BCUT2D eigenvalue weighted by Crippen LogP contribution is -2.29. The van der Waals surface area contributed by atoms with Gasteiger partial charge in [0.2, 0.25) is 0 Å². The Balaban J connectivity index is 2.04. The van der Waals surface area contributed by atoms with Gasteiger partial charge in [-0.1, -0.05) is 23.7 Å². The van der Waals surface area contributed by atoms with E-state index in [2.05, 4.69) is 4.98 Å². The molecule has 4 nitrogen and oxygen atoms in total. The zero-order chi connectivity index (χ0) is 14.5. The number of rotatable bonds is 4. The number of pyridine rings is 1. The Hall–Kier alpha value is -2.07. The average molecular weight is 290 g/mol. The maximum Gasteiger partial charge on any atom is 0.255 e. The predicted molar refractivity (Wildman–Crippen MR) is 80.8 cm³/mol. The molecule has 2 rings (SSSR count). The molecule has 20 heavy (non-hydrogen) atoms. The maximum atomic E-state index is 12.3. The Labute approximate surface area is 123 Å². The minimum atomic E-state index is -0.141. The first-order chi connectivity index (χ1) is 9.59. The minimum Gasteiger partial charge on any atom is -0.398 e. The van der Waals surface area contributed by atoms with Crippen LogP contribution in [0.2, 0.25) is 5.02 Å². The van der Waals surface area contributed by atoms with Gasteiger partial charge < -0.3 is 10.6 Å². The average Bonchev–Trinajstić information content (AvgIpc) is 2.48. The fraction of sp³-hybridized carbons (Fsp3) is 0.200. The minimum absolute atomic E-state index is 0.141. The molecular weight excluding hydrogens is 274 g/mol. The van der Waals surface area contributed by atoms with Crippen molar-refractivity contribution in [3.05, 3.63) is 58.9 Å². The first-order valence-corrected chi connectivity index (χ1v) is 6.66. The summed E-state index contributed by atoms with van der Waals surface area (Å²) < 4.78 is 0. The molecule has 1 heterocycles. The second kappa shape index (κ2) is 6.39. The van der Waals surface area contributed by atoms with Crippen molar-refractivity contribution in [3.8, 4) is 0 Å². The van der Waals surface area contributed by atoms with E-state index in [0.29, 0.717) is 29.2 Å². The van der Waals surface area contributed by atoms with Crippen LogP contribution in [0.15, 0.2) is 42.6 Å². The summed E-state index contributed by atoms with van der Waals surface area (Å²) in [5.74, 6) is -0.141. The summed E-state index contributed by atoms with van der Waals surface area (Å²) in [5.41, 5.74) is 7.50. The Bertz CT molecular complexity index is 601. The first kappa shape index (κ1) is 14.3. The van der Waals surface area contributed by atoms with Crippen LogP contribution in [-0.4, -0.2) is 29.4 Å². The van der Waals surface area contributed by atoms with Crippen molar-refractivity contribution in [2.24, 2.45) is 0 Å².